The Morgan fingerprint density at radius 3 is 2.72 bits per heavy atom. The van der Waals surface area contributed by atoms with Gasteiger partial charge in [-0.05, 0) is 13.3 Å². The molecule has 100 valence electrons. The van der Waals surface area contributed by atoms with E-state index in [0.717, 1.165) is 35.6 Å². The van der Waals surface area contributed by atoms with Gasteiger partial charge in [0.1, 0.15) is 11.3 Å². The van der Waals surface area contributed by atoms with E-state index >= 15 is 0 Å². The number of fused-ring (bicyclic) bond motifs is 1. The number of nitrogens with zero attached hydrogens (tertiary/aromatic N) is 4. The number of aryl methyl sites for hydroxylation is 4. The SMILES string of the molecule is CCCCCn1c(CCCl)nc2c(C)nn(C)c21. The van der Waals surface area contributed by atoms with Crippen molar-refractivity contribution in [3.8, 4) is 0 Å². The Labute approximate surface area is 113 Å². The molecule has 0 unspecified atom stereocenters. The van der Waals surface area contributed by atoms with E-state index in [1.54, 1.807) is 0 Å². The summed E-state index contributed by atoms with van der Waals surface area (Å²) < 4.78 is 4.22. The van der Waals surface area contributed by atoms with E-state index in [9.17, 15) is 0 Å². The number of hydrogen-bond donors (Lipinski definition) is 0. The van der Waals surface area contributed by atoms with E-state index in [1.165, 1.54) is 19.3 Å². The normalized spacial score (nSPS) is 11.6. The summed E-state index contributed by atoms with van der Waals surface area (Å²) in [5.74, 6) is 1.70. The van der Waals surface area contributed by atoms with Crippen molar-refractivity contribution >= 4 is 22.8 Å². The molecule has 18 heavy (non-hydrogen) atoms. The van der Waals surface area contributed by atoms with Crippen molar-refractivity contribution in [3.63, 3.8) is 0 Å². The van der Waals surface area contributed by atoms with Gasteiger partial charge in [-0.15, -0.1) is 11.6 Å². The molecule has 0 N–H and O–H groups in total. The van der Waals surface area contributed by atoms with Gasteiger partial charge in [0.15, 0.2) is 5.65 Å². The molecule has 0 aromatic carbocycles. The lowest BCUT2D eigenvalue weighted by atomic mass is 10.2. The fourth-order valence-electron chi connectivity index (χ4n) is 2.41. The van der Waals surface area contributed by atoms with Gasteiger partial charge in [-0.25, -0.2) is 4.98 Å². The van der Waals surface area contributed by atoms with Crippen LogP contribution in [0.5, 0.6) is 0 Å². The Hall–Kier alpha value is -1.03. The lowest BCUT2D eigenvalue weighted by Crippen LogP contribution is -2.08. The summed E-state index contributed by atoms with van der Waals surface area (Å²) in [6.45, 7) is 5.24. The van der Waals surface area contributed by atoms with Crippen molar-refractivity contribution in [1.29, 1.82) is 0 Å². The fraction of sp³-hybridized carbons (Fsp3) is 0.692. The first-order valence-electron chi connectivity index (χ1n) is 6.63. The summed E-state index contributed by atoms with van der Waals surface area (Å²) in [7, 11) is 1.98. The Morgan fingerprint density at radius 2 is 2.06 bits per heavy atom. The van der Waals surface area contributed by atoms with Crippen LogP contribution in [0.1, 0.15) is 37.7 Å². The number of alkyl halides is 1. The monoisotopic (exact) mass is 268 g/mol. The van der Waals surface area contributed by atoms with Gasteiger partial charge in [-0.1, -0.05) is 19.8 Å². The fourth-order valence-corrected chi connectivity index (χ4v) is 2.58. The van der Waals surface area contributed by atoms with Crippen LogP contribution in [0.3, 0.4) is 0 Å². The van der Waals surface area contributed by atoms with E-state index in [4.69, 9.17) is 16.6 Å². The quantitative estimate of drug-likeness (QED) is 0.596. The van der Waals surface area contributed by atoms with E-state index in [0.29, 0.717) is 5.88 Å². The third-order valence-corrected chi connectivity index (χ3v) is 3.46. The van der Waals surface area contributed by atoms with Crippen molar-refractivity contribution in [2.24, 2.45) is 7.05 Å². The summed E-state index contributed by atoms with van der Waals surface area (Å²) in [6.07, 6.45) is 4.48. The van der Waals surface area contributed by atoms with Gasteiger partial charge in [0, 0.05) is 25.9 Å². The first kappa shape index (κ1) is 13.4. The Kier molecular flexibility index (Phi) is 4.27. The minimum Gasteiger partial charge on any atom is -0.313 e. The van der Waals surface area contributed by atoms with Gasteiger partial charge in [0.05, 0.1) is 5.69 Å². The van der Waals surface area contributed by atoms with Crippen LogP contribution in [-0.2, 0) is 20.0 Å². The Balaban J connectivity index is 2.40. The second-order valence-electron chi connectivity index (χ2n) is 4.71. The average Bonchev–Trinajstić information content (AvgIpc) is 2.81. The third-order valence-electron chi connectivity index (χ3n) is 3.27. The third kappa shape index (κ3) is 2.39. The molecular formula is C13H21ClN4. The van der Waals surface area contributed by atoms with Gasteiger partial charge in [-0.2, -0.15) is 5.10 Å². The van der Waals surface area contributed by atoms with Crippen molar-refractivity contribution in [1.82, 2.24) is 19.3 Å². The summed E-state index contributed by atoms with van der Waals surface area (Å²) in [6, 6.07) is 0. The van der Waals surface area contributed by atoms with Crippen LogP contribution in [0.25, 0.3) is 11.2 Å². The van der Waals surface area contributed by atoms with Crippen molar-refractivity contribution in [3.05, 3.63) is 11.5 Å². The van der Waals surface area contributed by atoms with Crippen molar-refractivity contribution in [2.75, 3.05) is 5.88 Å². The molecule has 0 atom stereocenters. The van der Waals surface area contributed by atoms with E-state index < -0.39 is 0 Å². The van der Waals surface area contributed by atoms with Crippen LogP contribution in [-0.4, -0.2) is 25.2 Å². The number of aromatic nitrogens is 4. The lowest BCUT2D eigenvalue weighted by Gasteiger charge is -2.08. The molecule has 0 saturated heterocycles. The van der Waals surface area contributed by atoms with Crippen LogP contribution in [0.4, 0.5) is 0 Å². The summed E-state index contributed by atoms with van der Waals surface area (Å²) >= 11 is 5.87. The smallest absolute Gasteiger partial charge is 0.158 e. The second kappa shape index (κ2) is 5.74. The highest BCUT2D eigenvalue weighted by molar-refractivity contribution is 6.17. The molecule has 2 aromatic heterocycles. The molecule has 2 aromatic rings. The summed E-state index contributed by atoms with van der Waals surface area (Å²) in [5, 5.41) is 4.44. The topological polar surface area (TPSA) is 35.6 Å². The van der Waals surface area contributed by atoms with E-state index in [2.05, 4.69) is 16.6 Å². The molecule has 0 aliphatic rings. The first-order chi connectivity index (χ1) is 8.69. The summed E-state index contributed by atoms with van der Waals surface area (Å²) in [4.78, 5) is 4.70. The van der Waals surface area contributed by atoms with Crippen LogP contribution in [0, 0.1) is 6.92 Å². The zero-order valence-electron chi connectivity index (χ0n) is 11.4. The standard InChI is InChI=1S/C13H21ClN4/c1-4-5-6-9-18-11(7-8-14)15-12-10(2)16-17(3)13(12)18/h4-9H2,1-3H3. The maximum Gasteiger partial charge on any atom is 0.158 e. The summed E-state index contributed by atoms with van der Waals surface area (Å²) in [5.41, 5.74) is 3.15. The maximum atomic E-state index is 5.87. The van der Waals surface area contributed by atoms with Crippen LogP contribution in [0.2, 0.25) is 0 Å². The van der Waals surface area contributed by atoms with Crippen molar-refractivity contribution in [2.45, 2.75) is 46.1 Å². The van der Waals surface area contributed by atoms with E-state index in [1.807, 2.05) is 18.7 Å². The number of rotatable bonds is 6. The molecule has 0 fully saturated rings. The first-order valence-corrected chi connectivity index (χ1v) is 7.17. The number of imidazole rings is 1. The minimum absolute atomic E-state index is 0.615. The molecule has 0 saturated carbocycles. The Morgan fingerprint density at radius 1 is 1.28 bits per heavy atom. The van der Waals surface area contributed by atoms with E-state index in [-0.39, 0.29) is 0 Å². The molecule has 2 heterocycles. The van der Waals surface area contributed by atoms with Crippen LogP contribution in [0.15, 0.2) is 0 Å². The van der Waals surface area contributed by atoms with Crippen LogP contribution < -0.4 is 0 Å². The molecule has 0 spiro atoms. The van der Waals surface area contributed by atoms with Crippen molar-refractivity contribution < 1.29 is 0 Å². The average molecular weight is 269 g/mol. The van der Waals surface area contributed by atoms with Gasteiger partial charge in [0.2, 0.25) is 0 Å². The number of halogens is 1. The molecule has 0 bridgehead atoms. The molecule has 0 amide bonds. The molecule has 0 aliphatic heterocycles. The highest BCUT2D eigenvalue weighted by Crippen LogP contribution is 2.20. The molecule has 2 rings (SSSR count). The lowest BCUT2D eigenvalue weighted by molar-refractivity contribution is 0.580. The molecule has 5 heteroatoms. The van der Waals surface area contributed by atoms with Gasteiger partial charge >= 0.3 is 0 Å². The highest BCUT2D eigenvalue weighted by Gasteiger charge is 2.16. The molecule has 4 nitrogen and oxygen atoms in total. The molecular weight excluding hydrogens is 248 g/mol. The molecule has 0 radical (unpaired) electrons. The van der Waals surface area contributed by atoms with Gasteiger partial charge < -0.3 is 4.57 Å². The minimum atomic E-state index is 0.615. The molecule has 0 aliphatic carbocycles. The predicted molar refractivity (Wildman–Crippen MR) is 75.2 cm³/mol. The second-order valence-corrected chi connectivity index (χ2v) is 5.08. The zero-order chi connectivity index (χ0) is 13.1. The van der Waals surface area contributed by atoms with Gasteiger partial charge in [0.25, 0.3) is 0 Å². The number of hydrogen-bond acceptors (Lipinski definition) is 2. The Bertz CT molecular complexity index is 527. The largest absolute Gasteiger partial charge is 0.313 e. The number of unbranched alkanes of at least 4 members (excludes halogenated alkanes) is 2. The maximum absolute atomic E-state index is 5.87. The predicted octanol–water partition coefficient (Wildman–Crippen LogP) is 3.05. The van der Waals surface area contributed by atoms with Crippen LogP contribution >= 0.6 is 11.6 Å². The zero-order valence-corrected chi connectivity index (χ0v) is 12.2. The van der Waals surface area contributed by atoms with Gasteiger partial charge in [-0.3, -0.25) is 4.68 Å². The highest BCUT2D eigenvalue weighted by atomic mass is 35.5.